The second-order valence-corrected chi connectivity index (χ2v) is 6.00. The number of hydrogen-bond acceptors (Lipinski definition) is 4. The van der Waals surface area contributed by atoms with E-state index in [4.69, 9.17) is 0 Å². The summed E-state index contributed by atoms with van der Waals surface area (Å²) in [6.07, 6.45) is 0.984. The van der Waals surface area contributed by atoms with Crippen LogP contribution in [-0.2, 0) is 14.6 Å². The summed E-state index contributed by atoms with van der Waals surface area (Å²) in [5.74, 6) is -3.67. The third kappa shape index (κ3) is 4.53. The molecule has 0 aromatic heterocycles. The lowest BCUT2D eigenvalue weighted by Crippen LogP contribution is -2.15. The molecule has 0 radical (unpaired) electrons. The van der Waals surface area contributed by atoms with Gasteiger partial charge in [-0.25, -0.2) is 8.42 Å². The SMILES string of the molecule is CNCCCC(=O)Nc1ccc(S(=O)(=O)C(F)F)cc1. The fourth-order valence-electron chi connectivity index (χ4n) is 1.48. The highest BCUT2D eigenvalue weighted by Gasteiger charge is 2.26. The molecule has 0 heterocycles. The van der Waals surface area contributed by atoms with Crippen molar-refractivity contribution in [3.8, 4) is 0 Å². The molecule has 20 heavy (non-hydrogen) atoms. The van der Waals surface area contributed by atoms with Gasteiger partial charge in [-0.15, -0.1) is 0 Å². The number of carbonyl (C=O) groups is 1. The molecule has 0 unspecified atom stereocenters. The molecule has 0 aliphatic rings. The van der Waals surface area contributed by atoms with E-state index in [2.05, 4.69) is 10.6 Å². The van der Waals surface area contributed by atoms with Crippen LogP contribution in [0.15, 0.2) is 29.2 Å². The second kappa shape index (κ2) is 7.30. The van der Waals surface area contributed by atoms with Crippen molar-refractivity contribution in [2.45, 2.75) is 23.5 Å². The van der Waals surface area contributed by atoms with Crippen LogP contribution in [-0.4, -0.2) is 33.7 Å². The molecule has 5 nitrogen and oxygen atoms in total. The van der Waals surface area contributed by atoms with Crippen LogP contribution < -0.4 is 10.6 Å². The minimum Gasteiger partial charge on any atom is -0.326 e. The van der Waals surface area contributed by atoms with Gasteiger partial charge in [-0.05, 0) is 44.3 Å². The van der Waals surface area contributed by atoms with Crippen LogP contribution in [0.5, 0.6) is 0 Å². The first-order valence-electron chi connectivity index (χ1n) is 5.94. The highest BCUT2D eigenvalue weighted by molar-refractivity contribution is 7.91. The minimum absolute atomic E-state index is 0.218. The summed E-state index contributed by atoms with van der Waals surface area (Å²) in [7, 11) is -2.82. The normalized spacial score (nSPS) is 11.6. The predicted octanol–water partition coefficient (Wildman–Crippen LogP) is 1.62. The number of benzene rings is 1. The summed E-state index contributed by atoms with van der Waals surface area (Å²) >= 11 is 0. The van der Waals surface area contributed by atoms with E-state index in [1.54, 1.807) is 7.05 Å². The quantitative estimate of drug-likeness (QED) is 0.751. The van der Waals surface area contributed by atoms with Gasteiger partial charge in [0.2, 0.25) is 15.7 Å². The number of amides is 1. The van der Waals surface area contributed by atoms with E-state index in [9.17, 15) is 22.0 Å². The monoisotopic (exact) mass is 306 g/mol. The zero-order chi connectivity index (χ0) is 15.2. The van der Waals surface area contributed by atoms with Crippen LogP contribution in [0.3, 0.4) is 0 Å². The van der Waals surface area contributed by atoms with Crippen LogP contribution in [0.4, 0.5) is 14.5 Å². The van der Waals surface area contributed by atoms with Crippen molar-refractivity contribution < 1.29 is 22.0 Å². The van der Waals surface area contributed by atoms with Crippen molar-refractivity contribution in [2.24, 2.45) is 0 Å². The number of alkyl halides is 2. The highest BCUT2D eigenvalue weighted by Crippen LogP contribution is 2.20. The molecule has 112 valence electrons. The van der Waals surface area contributed by atoms with Crippen molar-refractivity contribution in [2.75, 3.05) is 18.9 Å². The average Bonchev–Trinajstić information content (AvgIpc) is 2.39. The first-order chi connectivity index (χ1) is 9.37. The Bertz CT molecular complexity index is 544. The molecule has 0 aliphatic carbocycles. The van der Waals surface area contributed by atoms with Crippen molar-refractivity contribution in [3.63, 3.8) is 0 Å². The highest BCUT2D eigenvalue weighted by atomic mass is 32.2. The fourth-order valence-corrected chi connectivity index (χ4v) is 2.20. The maximum absolute atomic E-state index is 12.3. The molecular weight excluding hydrogens is 290 g/mol. The van der Waals surface area contributed by atoms with Gasteiger partial charge in [-0.3, -0.25) is 4.79 Å². The van der Waals surface area contributed by atoms with Gasteiger partial charge in [0.25, 0.3) is 0 Å². The van der Waals surface area contributed by atoms with Gasteiger partial charge in [0.05, 0.1) is 4.90 Å². The molecule has 0 fully saturated rings. The van der Waals surface area contributed by atoms with Gasteiger partial charge in [-0.2, -0.15) is 8.78 Å². The summed E-state index contributed by atoms with van der Waals surface area (Å²) in [6, 6.07) is 4.66. The summed E-state index contributed by atoms with van der Waals surface area (Å²) in [5.41, 5.74) is 0.368. The maximum Gasteiger partial charge on any atom is 0.341 e. The van der Waals surface area contributed by atoms with Gasteiger partial charge < -0.3 is 10.6 Å². The van der Waals surface area contributed by atoms with Crippen LogP contribution >= 0.6 is 0 Å². The van der Waals surface area contributed by atoms with E-state index < -0.39 is 20.5 Å². The topological polar surface area (TPSA) is 75.3 Å². The van der Waals surface area contributed by atoms with E-state index in [-0.39, 0.29) is 5.91 Å². The van der Waals surface area contributed by atoms with E-state index in [1.165, 1.54) is 12.1 Å². The fraction of sp³-hybridized carbons (Fsp3) is 0.417. The van der Waals surface area contributed by atoms with Gasteiger partial charge in [0.15, 0.2) is 0 Å². The molecule has 8 heteroatoms. The lowest BCUT2D eigenvalue weighted by Gasteiger charge is -2.07. The number of halogens is 2. The van der Waals surface area contributed by atoms with E-state index in [0.717, 1.165) is 12.1 Å². The van der Waals surface area contributed by atoms with Crippen LogP contribution in [0, 0.1) is 0 Å². The van der Waals surface area contributed by atoms with Crippen molar-refractivity contribution in [1.82, 2.24) is 5.32 Å². The number of hydrogen-bond donors (Lipinski definition) is 2. The van der Waals surface area contributed by atoms with E-state index >= 15 is 0 Å². The zero-order valence-electron chi connectivity index (χ0n) is 10.9. The summed E-state index contributed by atoms with van der Waals surface area (Å²) in [6.45, 7) is 0.707. The Balaban J connectivity index is 2.66. The Morgan fingerprint density at radius 2 is 1.85 bits per heavy atom. The van der Waals surface area contributed by atoms with Crippen molar-refractivity contribution in [1.29, 1.82) is 0 Å². The summed E-state index contributed by atoms with van der Waals surface area (Å²) in [5, 5.41) is 5.46. The van der Waals surface area contributed by atoms with Crippen LogP contribution in [0.25, 0.3) is 0 Å². The third-order valence-electron chi connectivity index (χ3n) is 2.53. The lowest BCUT2D eigenvalue weighted by atomic mass is 10.2. The molecule has 1 amide bonds. The number of anilines is 1. The van der Waals surface area contributed by atoms with Gasteiger partial charge in [-0.1, -0.05) is 0 Å². The Morgan fingerprint density at radius 3 is 2.35 bits per heavy atom. The lowest BCUT2D eigenvalue weighted by molar-refractivity contribution is -0.116. The van der Waals surface area contributed by atoms with Gasteiger partial charge >= 0.3 is 5.76 Å². The van der Waals surface area contributed by atoms with E-state index in [1.807, 2.05) is 0 Å². The van der Waals surface area contributed by atoms with Crippen LogP contribution in [0.1, 0.15) is 12.8 Å². The Kier molecular flexibility index (Phi) is 6.03. The zero-order valence-corrected chi connectivity index (χ0v) is 11.7. The molecule has 0 bridgehead atoms. The molecule has 0 atom stereocenters. The molecular formula is C12H16F2N2O3S. The first-order valence-corrected chi connectivity index (χ1v) is 7.49. The number of carbonyl (C=O) groups excluding carboxylic acids is 1. The average molecular weight is 306 g/mol. The van der Waals surface area contributed by atoms with E-state index in [0.29, 0.717) is 25.1 Å². The largest absolute Gasteiger partial charge is 0.341 e. The Morgan fingerprint density at radius 1 is 1.25 bits per heavy atom. The van der Waals surface area contributed by atoms with Crippen molar-refractivity contribution >= 4 is 21.4 Å². The van der Waals surface area contributed by atoms with Gasteiger partial charge in [0.1, 0.15) is 0 Å². The molecule has 0 saturated heterocycles. The van der Waals surface area contributed by atoms with Gasteiger partial charge in [0, 0.05) is 12.1 Å². The Labute approximate surface area is 116 Å². The number of nitrogens with one attached hydrogen (secondary N) is 2. The predicted molar refractivity (Wildman–Crippen MR) is 71.4 cm³/mol. The second-order valence-electron chi connectivity index (χ2n) is 4.09. The maximum atomic E-state index is 12.3. The minimum atomic E-state index is -4.59. The molecule has 0 spiro atoms. The molecule has 1 aromatic carbocycles. The first kappa shape index (κ1) is 16.5. The number of rotatable bonds is 7. The molecule has 0 aliphatic heterocycles. The Hall–Kier alpha value is -1.54. The third-order valence-corrected chi connectivity index (χ3v) is 3.93. The standard InChI is InChI=1S/C12H16F2N2O3S/c1-15-8-2-3-11(17)16-9-4-6-10(7-5-9)20(18,19)12(13)14/h4-7,12,15H,2-3,8H2,1H3,(H,16,17). The molecule has 0 saturated carbocycles. The smallest absolute Gasteiger partial charge is 0.326 e. The summed E-state index contributed by atoms with van der Waals surface area (Å²) < 4.78 is 47.0. The molecule has 2 N–H and O–H groups in total. The van der Waals surface area contributed by atoms with Crippen LogP contribution in [0.2, 0.25) is 0 Å². The molecule has 1 aromatic rings. The molecule has 1 rings (SSSR count). The number of sulfone groups is 1. The van der Waals surface area contributed by atoms with Crippen molar-refractivity contribution in [3.05, 3.63) is 24.3 Å². The summed E-state index contributed by atoms with van der Waals surface area (Å²) in [4.78, 5) is 11.0.